The van der Waals surface area contributed by atoms with Crippen LogP contribution >= 0.6 is 0 Å². The fraction of sp³-hybridized carbons (Fsp3) is 0.273. The first-order valence-electron chi connectivity index (χ1n) is 4.65. The van der Waals surface area contributed by atoms with Crippen LogP contribution < -0.4 is 0 Å². The average molecular weight is 187 g/mol. The monoisotopic (exact) mass is 187 g/mol. The molecule has 0 spiro atoms. The fourth-order valence-electron chi connectivity index (χ4n) is 1.57. The van der Waals surface area contributed by atoms with Crippen LogP contribution in [0.1, 0.15) is 16.7 Å². The van der Waals surface area contributed by atoms with Gasteiger partial charge in [-0.05, 0) is 30.5 Å². The van der Waals surface area contributed by atoms with E-state index < -0.39 is 0 Å². The molecule has 2 rings (SSSR count). The number of hydrogen-bond donors (Lipinski definition) is 0. The molecule has 0 saturated heterocycles. The van der Waals surface area contributed by atoms with Crippen LogP contribution in [0.5, 0.6) is 0 Å². The second-order valence-electron chi connectivity index (χ2n) is 3.46. The SMILES string of the molecule is Cc1cccc(C)c1Cn1cncn1. The highest BCUT2D eigenvalue weighted by Crippen LogP contribution is 2.13. The van der Waals surface area contributed by atoms with E-state index in [9.17, 15) is 0 Å². The zero-order valence-corrected chi connectivity index (χ0v) is 8.44. The number of hydrogen-bond acceptors (Lipinski definition) is 2. The Bertz CT molecular complexity index is 398. The molecule has 0 aliphatic carbocycles. The summed E-state index contributed by atoms with van der Waals surface area (Å²) in [4.78, 5) is 3.93. The van der Waals surface area contributed by atoms with Crippen molar-refractivity contribution >= 4 is 0 Å². The minimum Gasteiger partial charge on any atom is -0.249 e. The quantitative estimate of drug-likeness (QED) is 0.719. The molecule has 0 N–H and O–H groups in total. The summed E-state index contributed by atoms with van der Waals surface area (Å²) < 4.78 is 1.84. The van der Waals surface area contributed by atoms with Crippen LogP contribution in [0.25, 0.3) is 0 Å². The minimum absolute atomic E-state index is 0.804. The molecule has 0 atom stereocenters. The van der Waals surface area contributed by atoms with E-state index in [0.29, 0.717) is 0 Å². The smallest absolute Gasteiger partial charge is 0.137 e. The van der Waals surface area contributed by atoms with Crippen molar-refractivity contribution in [1.82, 2.24) is 14.8 Å². The van der Waals surface area contributed by atoms with E-state index in [1.807, 2.05) is 4.68 Å². The molecule has 3 heteroatoms. The van der Waals surface area contributed by atoms with Crippen LogP contribution in [0.3, 0.4) is 0 Å². The van der Waals surface area contributed by atoms with Crippen molar-refractivity contribution in [1.29, 1.82) is 0 Å². The lowest BCUT2D eigenvalue weighted by atomic mass is 10.0. The Morgan fingerprint density at radius 3 is 2.50 bits per heavy atom. The van der Waals surface area contributed by atoms with Gasteiger partial charge in [0, 0.05) is 0 Å². The van der Waals surface area contributed by atoms with Crippen molar-refractivity contribution in [2.45, 2.75) is 20.4 Å². The van der Waals surface area contributed by atoms with Gasteiger partial charge in [0.2, 0.25) is 0 Å². The summed E-state index contributed by atoms with van der Waals surface area (Å²) in [5.41, 5.74) is 3.94. The first-order valence-corrected chi connectivity index (χ1v) is 4.65. The van der Waals surface area contributed by atoms with Gasteiger partial charge in [-0.1, -0.05) is 18.2 Å². The molecule has 0 saturated carbocycles. The summed E-state index contributed by atoms with van der Waals surface area (Å²) in [5.74, 6) is 0. The normalized spacial score (nSPS) is 10.4. The van der Waals surface area contributed by atoms with Crippen molar-refractivity contribution in [3.05, 3.63) is 47.5 Å². The third-order valence-corrected chi connectivity index (χ3v) is 2.43. The summed E-state index contributed by atoms with van der Waals surface area (Å²) in [6, 6.07) is 6.33. The Kier molecular flexibility index (Phi) is 2.31. The summed E-state index contributed by atoms with van der Waals surface area (Å²) >= 11 is 0. The zero-order valence-electron chi connectivity index (χ0n) is 8.44. The Morgan fingerprint density at radius 2 is 1.93 bits per heavy atom. The zero-order chi connectivity index (χ0) is 9.97. The van der Waals surface area contributed by atoms with Crippen LogP contribution in [-0.2, 0) is 6.54 Å². The molecule has 1 heterocycles. The molecular formula is C11H13N3. The summed E-state index contributed by atoms with van der Waals surface area (Å²) in [6.45, 7) is 5.05. The topological polar surface area (TPSA) is 30.7 Å². The molecule has 72 valence electrons. The first-order chi connectivity index (χ1) is 6.77. The van der Waals surface area contributed by atoms with E-state index in [1.165, 1.54) is 16.7 Å². The minimum atomic E-state index is 0.804. The van der Waals surface area contributed by atoms with E-state index >= 15 is 0 Å². The van der Waals surface area contributed by atoms with Crippen LogP contribution in [0.2, 0.25) is 0 Å². The van der Waals surface area contributed by atoms with E-state index in [0.717, 1.165) is 6.54 Å². The van der Waals surface area contributed by atoms with Gasteiger partial charge in [0.25, 0.3) is 0 Å². The van der Waals surface area contributed by atoms with Gasteiger partial charge in [0.1, 0.15) is 12.7 Å². The molecule has 1 aromatic heterocycles. The lowest BCUT2D eigenvalue weighted by Crippen LogP contribution is -2.03. The van der Waals surface area contributed by atoms with Crippen molar-refractivity contribution in [2.75, 3.05) is 0 Å². The highest BCUT2D eigenvalue weighted by atomic mass is 15.3. The van der Waals surface area contributed by atoms with Gasteiger partial charge in [-0.25, -0.2) is 9.67 Å². The lowest BCUT2D eigenvalue weighted by molar-refractivity contribution is 0.679. The van der Waals surface area contributed by atoms with Crippen molar-refractivity contribution in [2.24, 2.45) is 0 Å². The van der Waals surface area contributed by atoms with Crippen molar-refractivity contribution in [3.63, 3.8) is 0 Å². The number of aryl methyl sites for hydroxylation is 2. The summed E-state index contributed by atoms with van der Waals surface area (Å²) in [5, 5.41) is 4.10. The molecule has 0 radical (unpaired) electrons. The summed E-state index contributed by atoms with van der Waals surface area (Å²) in [7, 11) is 0. The largest absolute Gasteiger partial charge is 0.249 e. The van der Waals surface area contributed by atoms with E-state index in [-0.39, 0.29) is 0 Å². The standard InChI is InChI=1S/C11H13N3/c1-9-4-3-5-10(2)11(9)6-14-8-12-7-13-14/h3-5,7-8H,6H2,1-2H3. The van der Waals surface area contributed by atoms with E-state index in [1.54, 1.807) is 12.7 Å². The van der Waals surface area contributed by atoms with Crippen LogP contribution in [0.4, 0.5) is 0 Å². The maximum atomic E-state index is 4.10. The second-order valence-corrected chi connectivity index (χ2v) is 3.46. The Morgan fingerprint density at radius 1 is 1.21 bits per heavy atom. The number of rotatable bonds is 2. The first kappa shape index (κ1) is 8.94. The number of benzene rings is 1. The molecule has 1 aromatic carbocycles. The molecule has 0 aliphatic heterocycles. The molecule has 14 heavy (non-hydrogen) atoms. The van der Waals surface area contributed by atoms with E-state index in [2.05, 4.69) is 42.1 Å². The number of nitrogens with zero attached hydrogens (tertiary/aromatic N) is 3. The maximum absolute atomic E-state index is 4.10. The van der Waals surface area contributed by atoms with Gasteiger partial charge in [-0.2, -0.15) is 5.10 Å². The fourth-order valence-corrected chi connectivity index (χ4v) is 1.57. The van der Waals surface area contributed by atoms with E-state index in [4.69, 9.17) is 0 Å². The molecule has 3 nitrogen and oxygen atoms in total. The average Bonchev–Trinajstić information content (AvgIpc) is 2.64. The van der Waals surface area contributed by atoms with Gasteiger partial charge in [0.15, 0.2) is 0 Å². The van der Waals surface area contributed by atoms with Crippen molar-refractivity contribution < 1.29 is 0 Å². The van der Waals surface area contributed by atoms with Crippen LogP contribution in [0, 0.1) is 13.8 Å². The van der Waals surface area contributed by atoms with Gasteiger partial charge in [-0.3, -0.25) is 0 Å². The second kappa shape index (κ2) is 3.62. The maximum Gasteiger partial charge on any atom is 0.137 e. The molecule has 2 aromatic rings. The number of aromatic nitrogens is 3. The molecule has 0 unspecified atom stereocenters. The predicted octanol–water partition coefficient (Wildman–Crippen LogP) is 1.94. The molecule has 0 bridgehead atoms. The van der Waals surface area contributed by atoms with Crippen molar-refractivity contribution in [3.8, 4) is 0 Å². The third-order valence-electron chi connectivity index (χ3n) is 2.43. The predicted molar refractivity (Wildman–Crippen MR) is 55.0 cm³/mol. The highest BCUT2D eigenvalue weighted by Gasteiger charge is 2.02. The molecule has 0 amide bonds. The van der Waals surface area contributed by atoms with Crippen LogP contribution in [0.15, 0.2) is 30.9 Å². The Labute approximate surface area is 83.4 Å². The molecule has 0 aliphatic rings. The lowest BCUT2D eigenvalue weighted by Gasteiger charge is -2.08. The summed E-state index contributed by atoms with van der Waals surface area (Å²) in [6.07, 6.45) is 3.31. The molecular weight excluding hydrogens is 174 g/mol. The van der Waals surface area contributed by atoms with Gasteiger partial charge in [-0.15, -0.1) is 0 Å². The van der Waals surface area contributed by atoms with Gasteiger partial charge >= 0.3 is 0 Å². The van der Waals surface area contributed by atoms with Gasteiger partial charge in [0.05, 0.1) is 6.54 Å². The van der Waals surface area contributed by atoms with Crippen LogP contribution in [-0.4, -0.2) is 14.8 Å². The molecule has 0 fully saturated rings. The Balaban J connectivity index is 2.33. The Hall–Kier alpha value is -1.64. The van der Waals surface area contributed by atoms with Gasteiger partial charge < -0.3 is 0 Å². The highest BCUT2D eigenvalue weighted by molar-refractivity contribution is 5.33. The third kappa shape index (κ3) is 1.66.